The van der Waals surface area contributed by atoms with Crippen LogP contribution in [0.1, 0.15) is 82.8 Å². The maximum absolute atomic E-state index is 6.05. The van der Waals surface area contributed by atoms with Crippen molar-refractivity contribution in [2.45, 2.75) is 77.7 Å². The van der Waals surface area contributed by atoms with Gasteiger partial charge in [0.2, 0.25) is 0 Å². The van der Waals surface area contributed by atoms with Gasteiger partial charge in [0.1, 0.15) is 11.5 Å². The molecule has 1 heterocycles. The minimum absolute atomic E-state index is 0.424. The lowest BCUT2D eigenvalue weighted by molar-refractivity contribution is 0.255. The van der Waals surface area contributed by atoms with Crippen molar-refractivity contribution in [2.75, 3.05) is 6.54 Å². The fourth-order valence-corrected chi connectivity index (χ4v) is 3.37. The first kappa shape index (κ1) is 15.6. The summed E-state index contributed by atoms with van der Waals surface area (Å²) in [6.45, 7) is 5.48. The van der Waals surface area contributed by atoms with E-state index in [4.69, 9.17) is 4.42 Å². The summed E-state index contributed by atoms with van der Waals surface area (Å²) in [6, 6.07) is 4.78. The zero-order valence-corrected chi connectivity index (χ0v) is 13.3. The third-order valence-corrected chi connectivity index (χ3v) is 4.57. The molecule has 1 N–H and O–H groups in total. The normalized spacial score (nSPS) is 19.5. The molecule has 1 aromatic rings. The molecule has 1 unspecified atom stereocenters. The Kier molecular flexibility index (Phi) is 6.65. The van der Waals surface area contributed by atoms with Gasteiger partial charge in [-0.3, -0.25) is 0 Å². The molecule has 1 atom stereocenters. The molecule has 0 radical (unpaired) electrons. The minimum Gasteiger partial charge on any atom is -0.464 e. The van der Waals surface area contributed by atoms with Crippen LogP contribution in [0.25, 0.3) is 0 Å². The lowest BCUT2D eigenvalue weighted by Crippen LogP contribution is -2.29. The Morgan fingerprint density at radius 1 is 1.10 bits per heavy atom. The van der Waals surface area contributed by atoms with Crippen LogP contribution < -0.4 is 5.32 Å². The fraction of sp³-hybridized carbons (Fsp3) is 0.778. The van der Waals surface area contributed by atoms with Gasteiger partial charge in [0.15, 0.2) is 0 Å². The van der Waals surface area contributed by atoms with Crippen LogP contribution in [-0.2, 0) is 6.42 Å². The van der Waals surface area contributed by atoms with Gasteiger partial charge in [0, 0.05) is 6.42 Å². The molecular weight excluding hydrogens is 246 g/mol. The highest BCUT2D eigenvalue weighted by molar-refractivity contribution is 5.12. The quantitative estimate of drug-likeness (QED) is 0.769. The van der Waals surface area contributed by atoms with Gasteiger partial charge in [0.25, 0.3) is 0 Å². The van der Waals surface area contributed by atoms with E-state index >= 15 is 0 Å². The van der Waals surface area contributed by atoms with Crippen LogP contribution in [-0.4, -0.2) is 6.54 Å². The first-order valence-electron chi connectivity index (χ1n) is 8.67. The number of hydrogen-bond donors (Lipinski definition) is 1. The third-order valence-electron chi connectivity index (χ3n) is 4.57. The molecule has 0 aromatic carbocycles. The molecule has 2 rings (SSSR count). The Hall–Kier alpha value is -0.760. The molecule has 0 aliphatic heterocycles. The molecular formula is C18H31NO. The molecule has 0 saturated heterocycles. The molecule has 0 spiro atoms. The standard InChI is InChI=1S/C18H31NO/c1-3-14-19-18(17-13-12-16(4-2)20-17)15-10-8-6-5-7-9-11-15/h12-13,15,18-19H,3-11,14H2,1-2H3. The summed E-state index contributed by atoms with van der Waals surface area (Å²) in [4.78, 5) is 0. The summed E-state index contributed by atoms with van der Waals surface area (Å²) >= 11 is 0. The number of furan rings is 1. The molecule has 1 aromatic heterocycles. The molecule has 20 heavy (non-hydrogen) atoms. The van der Waals surface area contributed by atoms with Crippen molar-refractivity contribution in [3.63, 3.8) is 0 Å². The van der Waals surface area contributed by atoms with Crippen molar-refractivity contribution in [3.05, 3.63) is 23.7 Å². The van der Waals surface area contributed by atoms with Crippen LogP contribution in [0.5, 0.6) is 0 Å². The number of hydrogen-bond acceptors (Lipinski definition) is 2. The first-order valence-corrected chi connectivity index (χ1v) is 8.67. The Labute approximate surface area is 124 Å². The van der Waals surface area contributed by atoms with Crippen LogP contribution in [0.15, 0.2) is 16.5 Å². The van der Waals surface area contributed by atoms with Crippen LogP contribution in [0.3, 0.4) is 0 Å². The van der Waals surface area contributed by atoms with E-state index in [1.807, 2.05) is 0 Å². The Bertz CT molecular complexity index is 363. The van der Waals surface area contributed by atoms with Gasteiger partial charge in [-0.05, 0) is 43.9 Å². The van der Waals surface area contributed by atoms with E-state index in [-0.39, 0.29) is 0 Å². The van der Waals surface area contributed by atoms with Crippen molar-refractivity contribution in [1.29, 1.82) is 0 Å². The molecule has 0 amide bonds. The lowest BCUT2D eigenvalue weighted by atomic mass is 9.85. The number of aryl methyl sites for hydroxylation is 1. The van der Waals surface area contributed by atoms with Gasteiger partial charge in [-0.1, -0.05) is 46.0 Å². The van der Waals surface area contributed by atoms with Crippen molar-refractivity contribution in [1.82, 2.24) is 5.32 Å². The van der Waals surface area contributed by atoms with Crippen molar-refractivity contribution < 1.29 is 4.42 Å². The lowest BCUT2D eigenvalue weighted by Gasteiger charge is -2.28. The van der Waals surface area contributed by atoms with Crippen LogP contribution >= 0.6 is 0 Å². The van der Waals surface area contributed by atoms with Gasteiger partial charge in [-0.2, -0.15) is 0 Å². The van der Waals surface area contributed by atoms with Crippen molar-refractivity contribution in [2.24, 2.45) is 5.92 Å². The number of rotatable bonds is 6. The number of nitrogens with one attached hydrogen (secondary N) is 1. The Morgan fingerprint density at radius 2 is 1.80 bits per heavy atom. The first-order chi connectivity index (χ1) is 9.85. The van der Waals surface area contributed by atoms with Crippen molar-refractivity contribution in [3.8, 4) is 0 Å². The summed E-state index contributed by atoms with van der Waals surface area (Å²) in [5.41, 5.74) is 0. The molecule has 1 saturated carbocycles. The van der Waals surface area contributed by atoms with E-state index < -0.39 is 0 Å². The summed E-state index contributed by atoms with van der Waals surface area (Å²) in [5, 5.41) is 3.75. The molecule has 114 valence electrons. The largest absolute Gasteiger partial charge is 0.464 e. The van der Waals surface area contributed by atoms with E-state index in [0.717, 1.165) is 24.6 Å². The second kappa shape index (κ2) is 8.51. The van der Waals surface area contributed by atoms with Gasteiger partial charge < -0.3 is 9.73 Å². The molecule has 0 bridgehead atoms. The van der Waals surface area contributed by atoms with E-state index in [9.17, 15) is 0 Å². The van der Waals surface area contributed by atoms with E-state index in [1.165, 1.54) is 57.1 Å². The Morgan fingerprint density at radius 3 is 2.40 bits per heavy atom. The topological polar surface area (TPSA) is 25.2 Å². The summed E-state index contributed by atoms with van der Waals surface area (Å²) in [7, 11) is 0. The molecule has 1 aliphatic carbocycles. The molecule has 1 fully saturated rings. The van der Waals surface area contributed by atoms with Gasteiger partial charge >= 0.3 is 0 Å². The van der Waals surface area contributed by atoms with E-state index in [2.05, 4.69) is 31.3 Å². The summed E-state index contributed by atoms with van der Waals surface area (Å²) < 4.78 is 6.05. The highest BCUT2D eigenvalue weighted by Crippen LogP contribution is 2.33. The second-order valence-corrected chi connectivity index (χ2v) is 6.19. The SMILES string of the molecule is CCCNC(c1ccc(CC)o1)C1CCCCCCC1. The van der Waals surface area contributed by atoms with Crippen LogP contribution in [0.4, 0.5) is 0 Å². The third kappa shape index (κ3) is 4.37. The highest BCUT2D eigenvalue weighted by atomic mass is 16.3. The van der Waals surface area contributed by atoms with E-state index in [1.54, 1.807) is 0 Å². The van der Waals surface area contributed by atoms with Crippen LogP contribution in [0, 0.1) is 5.92 Å². The predicted molar refractivity (Wildman–Crippen MR) is 84.9 cm³/mol. The van der Waals surface area contributed by atoms with Gasteiger partial charge in [0.05, 0.1) is 6.04 Å². The van der Waals surface area contributed by atoms with Gasteiger partial charge in [-0.15, -0.1) is 0 Å². The molecule has 1 aliphatic rings. The monoisotopic (exact) mass is 277 g/mol. The smallest absolute Gasteiger partial charge is 0.121 e. The average Bonchev–Trinajstić information content (AvgIpc) is 2.89. The molecule has 2 heteroatoms. The maximum Gasteiger partial charge on any atom is 0.121 e. The second-order valence-electron chi connectivity index (χ2n) is 6.19. The fourth-order valence-electron chi connectivity index (χ4n) is 3.37. The zero-order valence-electron chi connectivity index (χ0n) is 13.3. The van der Waals surface area contributed by atoms with Crippen molar-refractivity contribution >= 4 is 0 Å². The average molecular weight is 277 g/mol. The Balaban J connectivity index is 2.07. The predicted octanol–water partition coefficient (Wildman–Crippen LogP) is 5.24. The van der Waals surface area contributed by atoms with Crippen LogP contribution in [0.2, 0.25) is 0 Å². The minimum atomic E-state index is 0.424. The zero-order chi connectivity index (χ0) is 14.2. The highest BCUT2D eigenvalue weighted by Gasteiger charge is 2.25. The van der Waals surface area contributed by atoms with E-state index in [0.29, 0.717) is 6.04 Å². The summed E-state index contributed by atoms with van der Waals surface area (Å²) in [6.07, 6.45) is 11.9. The molecule has 2 nitrogen and oxygen atoms in total. The summed E-state index contributed by atoms with van der Waals surface area (Å²) in [5.74, 6) is 3.03. The van der Waals surface area contributed by atoms with Gasteiger partial charge in [-0.25, -0.2) is 0 Å². The maximum atomic E-state index is 6.05.